The van der Waals surface area contributed by atoms with Crippen molar-refractivity contribution in [3.05, 3.63) is 11.3 Å². The minimum atomic E-state index is -0.675. The first kappa shape index (κ1) is 19.2. The lowest BCUT2D eigenvalue weighted by atomic mass is 9.81. The van der Waals surface area contributed by atoms with Crippen molar-refractivity contribution in [3.63, 3.8) is 0 Å². The van der Waals surface area contributed by atoms with E-state index in [1.54, 1.807) is 0 Å². The van der Waals surface area contributed by atoms with Gasteiger partial charge in [0.15, 0.2) is 5.78 Å². The molecule has 0 fully saturated rings. The number of nitrogens with one attached hydrogen (secondary N) is 1. The molecule has 0 saturated heterocycles. The Balaban J connectivity index is 2.87. The molecule has 0 heterocycles. The third-order valence-electron chi connectivity index (χ3n) is 3.98. The second kappa shape index (κ2) is 9.36. The van der Waals surface area contributed by atoms with E-state index in [2.05, 4.69) is 13.8 Å². The number of allylic oxidation sites excluding steroid dienone is 1. The average molecular weight is 327 g/mol. The molecule has 0 aromatic rings. The van der Waals surface area contributed by atoms with E-state index in [1.165, 1.54) is 0 Å². The maximum atomic E-state index is 12.5. The molecule has 126 valence electrons. The first-order valence-electron chi connectivity index (χ1n) is 8.20. The number of Topliss-reactive ketones (excluding diaryl/α,β-unsaturated/α-hetero) is 1. The van der Waals surface area contributed by atoms with Gasteiger partial charge < -0.3 is 15.3 Å². The SMILES string of the molecule is CCOC(C(=N)CC)C1=C(O)CC(CC(C)SCC)CC1=O. The van der Waals surface area contributed by atoms with Crippen LogP contribution in [0.3, 0.4) is 0 Å². The van der Waals surface area contributed by atoms with Gasteiger partial charge in [-0.1, -0.05) is 20.8 Å². The molecule has 0 aliphatic heterocycles. The normalized spacial score (nSPS) is 21.8. The van der Waals surface area contributed by atoms with E-state index in [0.29, 0.717) is 42.4 Å². The molecule has 0 saturated carbocycles. The van der Waals surface area contributed by atoms with Gasteiger partial charge in [0.05, 0.1) is 5.57 Å². The molecule has 1 aliphatic carbocycles. The predicted octanol–water partition coefficient (Wildman–Crippen LogP) is 4.14. The van der Waals surface area contributed by atoms with Gasteiger partial charge in [0.2, 0.25) is 0 Å². The van der Waals surface area contributed by atoms with Crippen molar-refractivity contribution < 1.29 is 14.6 Å². The van der Waals surface area contributed by atoms with Crippen molar-refractivity contribution in [3.8, 4) is 0 Å². The number of aliphatic hydroxyl groups excluding tert-OH is 1. The van der Waals surface area contributed by atoms with Gasteiger partial charge in [0.1, 0.15) is 11.9 Å². The number of thioether (sulfide) groups is 1. The standard InChI is InChI=1S/C17H29NO3S/c1-5-13(18)17(21-6-2)16-14(19)9-12(10-15(16)20)8-11(4)22-7-3/h11-12,17-19H,5-10H2,1-4H3. The van der Waals surface area contributed by atoms with Crippen LogP contribution in [-0.2, 0) is 9.53 Å². The summed E-state index contributed by atoms with van der Waals surface area (Å²) in [6, 6.07) is 0. The molecule has 22 heavy (non-hydrogen) atoms. The number of carbonyl (C=O) groups excluding carboxylic acids is 1. The van der Waals surface area contributed by atoms with E-state index in [1.807, 2.05) is 25.6 Å². The minimum absolute atomic E-state index is 0.0564. The Hall–Kier alpha value is -0.810. The molecule has 0 spiro atoms. The number of aliphatic hydroxyl groups is 1. The maximum Gasteiger partial charge on any atom is 0.165 e. The summed E-state index contributed by atoms with van der Waals surface area (Å²) in [5.41, 5.74) is 0.672. The highest BCUT2D eigenvalue weighted by Gasteiger charge is 2.34. The van der Waals surface area contributed by atoms with Gasteiger partial charge in [-0.2, -0.15) is 11.8 Å². The summed E-state index contributed by atoms with van der Waals surface area (Å²) >= 11 is 1.88. The Morgan fingerprint density at radius 3 is 2.59 bits per heavy atom. The van der Waals surface area contributed by atoms with Crippen LogP contribution in [0.4, 0.5) is 0 Å². The zero-order chi connectivity index (χ0) is 16.7. The lowest BCUT2D eigenvalue weighted by Crippen LogP contribution is -2.34. The third kappa shape index (κ3) is 5.13. The van der Waals surface area contributed by atoms with E-state index in [-0.39, 0.29) is 17.5 Å². The van der Waals surface area contributed by atoms with Gasteiger partial charge in [-0.3, -0.25) is 4.79 Å². The third-order valence-corrected chi connectivity index (χ3v) is 5.07. The molecule has 0 aromatic heterocycles. The fourth-order valence-corrected chi connectivity index (χ4v) is 3.96. The van der Waals surface area contributed by atoms with Crippen molar-refractivity contribution >= 4 is 23.3 Å². The van der Waals surface area contributed by atoms with Gasteiger partial charge in [-0.15, -0.1) is 0 Å². The van der Waals surface area contributed by atoms with Crippen LogP contribution in [0.2, 0.25) is 0 Å². The van der Waals surface area contributed by atoms with Crippen LogP contribution in [-0.4, -0.2) is 40.3 Å². The molecule has 5 heteroatoms. The summed E-state index contributed by atoms with van der Waals surface area (Å²) in [4.78, 5) is 12.5. The number of hydrogen-bond donors (Lipinski definition) is 2. The molecule has 4 nitrogen and oxygen atoms in total. The summed E-state index contributed by atoms with van der Waals surface area (Å²) in [5, 5.41) is 18.9. The van der Waals surface area contributed by atoms with Crippen LogP contribution in [0, 0.1) is 11.3 Å². The highest BCUT2D eigenvalue weighted by Crippen LogP contribution is 2.33. The van der Waals surface area contributed by atoms with Crippen molar-refractivity contribution in [1.82, 2.24) is 0 Å². The quantitative estimate of drug-likeness (QED) is 0.624. The van der Waals surface area contributed by atoms with Crippen molar-refractivity contribution in [2.24, 2.45) is 5.92 Å². The number of carbonyl (C=O) groups is 1. The average Bonchev–Trinajstić information content (AvgIpc) is 2.45. The first-order valence-corrected chi connectivity index (χ1v) is 9.24. The Kier molecular flexibility index (Phi) is 8.18. The van der Waals surface area contributed by atoms with E-state index in [0.717, 1.165) is 12.2 Å². The summed E-state index contributed by atoms with van der Waals surface area (Å²) in [6.07, 6.45) is 1.75. The minimum Gasteiger partial charge on any atom is -0.512 e. The number of rotatable bonds is 9. The van der Waals surface area contributed by atoms with Gasteiger partial charge in [-0.25, -0.2) is 0 Å². The van der Waals surface area contributed by atoms with E-state index in [4.69, 9.17) is 10.1 Å². The Morgan fingerprint density at radius 2 is 2.09 bits per heavy atom. The lowest BCUT2D eigenvalue weighted by molar-refractivity contribution is -0.118. The predicted molar refractivity (Wildman–Crippen MR) is 93.0 cm³/mol. The molecule has 2 N–H and O–H groups in total. The summed E-state index contributed by atoms with van der Waals surface area (Å²) in [6.45, 7) is 8.43. The number of hydrogen-bond acceptors (Lipinski definition) is 5. The van der Waals surface area contributed by atoms with Gasteiger partial charge in [0.25, 0.3) is 0 Å². The fraction of sp³-hybridized carbons (Fsp3) is 0.765. The van der Waals surface area contributed by atoms with Crippen LogP contribution in [0.5, 0.6) is 0 Å². The molecule has 0 bridgehead atoms. The van der Waals surface area contributed by atoms with Crippen molar-refractivity contribution in [2.45, 2.75) is 64.7 Å². The smallest absolute Gasteiger partial charge is 0.165 e. The largest absolute Gasteiger partial charge is 0.512 e. The number of ether oxygens (including phenoxy) is 1. The van der Waals surface area contributed by atoms with E-state index >= 15 is 0 Å². The fourth-order valence-electron chi connectivity index (χ4n) is 2.99. The van der Waals surface area contributed by atoms with Crippen LogP contribution >= 0.6 is 11.8 Å². The summed E-state index contributed by atoms with van der Waals surface area (Å²) in [5.74, 6) is 1.34. The summed E-state index contributed by atoms with van der Waals surface area (Å²) in [7, 11) is 0. The second-order valence-corrected chi connectivity index (χ2v) is 7.49. The monoisotopic (exact) mass is 327 g/mol. The maximum absolute atomic E-state index is 12.5. The number of ketones is 1. The lowest BCUT2D eigenvalue weighted by Gasteiger charge is -2.29. The molecule has 3 atom stereocenters. The highest BCUT2D eigenvalue weighted by molar-refractivity contribution is 7.99. The molecule has 1 aliphatic rings. The Morgan fingerprint density at radius 1 is 1.41 bits per heavy atom. The molecule has 0 aromatic carbocycles. The molecule has 0 amide bonds. The molecular formula is C17H29NO3S. The topological polar surface area (TPSA) is 70.4 Å². The van der Waals surface area contributed by atoms with Crippen LogP contribution in [0.1, 0.15) is 53.4 Å². The molecule has 3 unspecified atom stereocenters. The first-order chi connectivity index (χ1) is 10.4. The zero-order valence-electron chi connectivity index (χ0n) is 14.1. The molecule has 0 radical (unpaired) electrons. The summed E-state index contributed by atoms with van der Waals surface area (Å²) < 4.78 is 5.56. The van der Waals surface area contributed by atoms with Crippen LogP contribution < -0.4 is 0 Å². The van der Waals surface area contributed by atoms with E-state index < -0.39 is 6.10 Å². The highest BCUT2D eigenvalue weighted by atomic mass is 32.2. The molecule has 1 rings (SSSR count). The van der Waals surface area contributed by atoms with Gasteiger partial charge in [-0.05, 0) is 31.4 Å². The van der Waals surface area contributed by atoms with Crippen molar-refractivity contribution in [2.75, 3.05) is 12.4 Å². The van der Waals surface area contributed by atoms with Crippen molar-refractivity contribution in [1.29, 1.82) is 5.41 Å². The van der Waals surface area contributed by atoms with Crippen LogP contribution in [0.15, 0.2) is 11.3 Å². The van der Waals surface area contributed by atoms with E-state index in [9.17, 15) is 9.90 Å². The van der Waals surface area contributed by atoms with Gasteiger partial charge in [0, 0.05) is 30.4 Å². The molecular weight excluding hydrogens is 298 g/mol. The Labute approximate surface area is 138 Å². The zero-order valence-corrected chi connectivity index (χ0v) is 15.0. The Bertz CT molecular complexity index is 434. The second-order valence-electron chi connectivity index (χ2n) is 5.77. The van der Waals surface area contributed by atoms with Gasteiger partial charge >= 0.3 is 0 Å². The van der Waals surface area contributed by atoms with Crippen LogP contribution in [0.25, 0.3) is 0 Å².